The monoisotopic (exact) mass is 278 g/mol. The van der Waals surface area contributed by atoms with Crippen molar-refractivity contribution in [3.05, 3.63) is 29.3 Å². The molecular formula is C10H15ClN2O3S. The molecule has 0 aliphatic rings. The SMILES string of the molecule is CC(O)C(N)CNS(=O)(=O)c1cccc(Cl)c1. The van der Waals surface area contributed by atoms with Crippen molar-refractivity contribution in [2.24, 2.45) is 5.73 Å². The molecule has 17 heavy (non-hydrogen) atoms. The zero-order chi connectivity index (χ0) is 13.1. The molecular weight excluding hydrogens is 264 g/mol. The average Bonchev–Trinajstić information content (AvgIpc) is 2.26. The third kappa shape index (κ3) is 4.25. The first-order valence-electron chi connectivity index (χ1n) is 5.02. The molecule has 0 spiro atoms. The highest BCUT2D eigenvalue weighted by atomic mass is 35.5. The zero-order valence-corrected chi connectivity index (χ0v) is 10.9. The minimum Gasteiger partial charge on any atom is -0.392 e. The number of sulfonamides is 1. The van der Waals surface area contributed by atoms with Gasteiger partial charge in [-0.15, -0.1) is 0 Å². The van der Waals surface area contributed by atoms with E-state index < -0.39 is 22.2 Å². The number of aliphatic hydroxyl groups excluding tert-OH is 1. The van der Waals surface area contributed by atoms with Crippen molar-refractivity contribution in [3.8, 4) is 0 Å². The van der Waals surface area contributed by atoms with Gasteiger partial charge >= 0.3 is 0 Å². The topological polar surface area (TPSA) is 92.4 Å². The Morgan fingerprint density at radius 3 is 2.71 bits per heavy atom. The molecule has 0 radical (unpaired) electrons. The van der Waals surface area contributed by atoms with Gasteiger partial charge in [-0.1, -0.05) is 17.7 Å². The van der Waals surface area contributed by atoms with E-state index in [9.17, 15) is 8.42 Å². The summed E-state index contributed by atoms with van der Waals surface area (Å²) in [6.45, 7) is 1.46. The highest BCUT2D eigenvalue weighted by Gasteiger charge is 2.17. The molecule has 4 N–H and O–H groups in total. The fourth-order valence-electron chi connectivity index (χ4n) is 1.09. The molecule has 0 amide bonds. The normalized spacial score (nSPS) is 15.5. The van der Waals surface area contributed by atoms with Crippen LogP contribution in [0.1, 0.15) is 6.92 Å². The predicted octanol–water partition coefficient (Wildman–Crippen LogP) is 0.326. The number of hydrogen-bond acceptors (Lipinski definition) is 4. The molecule has 96 valence electrons. The lowest BCUT2D eigenvalue weighted by molar-refractivity contribution is 0.164. The van der Waals surface area contributed by atoms with E-state index in [1.165, 1.54) is 19.1 Å². The Labute approximate surface area is 106 Å². The van der Waals surface area contributed by atoms with E-state index in [2.05, 4.69) is 4.72 Å². The Morgan fingerprint density at radius 1 is 1.53 bits per heavy atom. The molecule has 2 unspecified atom stereocenters. The molecule has 7 heteroatoms. The first-order valence-corrected chi connectivity index (χ1v) is 6.88. The second-order valence-electron chi connectivity index (χ2n) is 3.71. The van der Waals surface area contributed by atoms with Gasteiger partial charge in [-0.3, -0.25) is 0 Å². The molecule has 1 rings (SSSR count). The number of rotatable bonds is 5. The summed E-state index contributed by atoms with van der Waals surface area (Å²) in [6.07, 6.45) is -0.780. The van der Waals surface area contributed by atoms with Gasteiger partial charge in [0, 0.05) is 17.6 Å². The molecule has 5 nitrogen and oxygen atoms in total. The second kappa shape index (κ2) is 5.79. The quantitative estimate of drug-likeness (QED) is 0.723. The lowest BCUT2D eigenvalue weighted by Gasteiger charge is -2.15. The summed E-state index contributed by atoms with van der Waals surface area (Å²) < 4.78 is 25.9. The van der Waals surface area contributed by atoms with Gasteiger partial charge in [-0.25, -0.2) is 13.1 Å². The van der Waals surface area contributed by atoms with E-state index in [0.717, 1.165) is 0 Å². The maximum atomic E-state index is 11.8. The number of hydrogen-bond donors (Lipinski definition) is 3. The van der Waals surface area contributed by atoms with E-state index in [-0.39, 0.29) is 11.4 Å². The first-order chi connectivity index (χ1) is 7.83. The minimum absolute atomic E-state index is 0.0352. The van der Waals surface area contributed by atoms with E-state index in [4.69, 9.17) is 22.4 Å². The number of nitrogens with one attached hydrogen (secondary N) is 1. The van der Waals surface area contributed by atoms with Crippen molar-refractivity contribution in [1.82, 2.24) is 4.72 Å². The fraction of sp³-hybridized carbons (Fsp3) is 0.400. The lowest BCUT2D eigenvalue weighted by atomic mass is 10.2. The van der Waals surface area contributed by atoms with Crippen LogP contribution in [-0.4, -0.2) is 32.2 Å². The van der Waals surface area contributed by atoms with Crippen molar-refractivity contribution in [2.75, 3.05) is 6.54 Å². The number of halogens is 1. The summed E-state index contributed by atoms with van der Waals surface area (Å²) in [6, 6.07) is 5.26. The first kappa shape index (κ1) is 14.4. The van der Waals surface area contributed by atoms with Crippen LogP contribution in [0.3, 0.4) is 0 Å². The Hall–Kier alpha value is -0.660. The smallest absolute Gasteiger partial charge is 0.240 e. The molecule has 2 atom stereocenters. The van der Waals surface area contributed by atoms with Crippen molar-refractivity contribution < 1.29 is 13.5 Å². The van der Waals surface area contributed by atoms with Gasteiger partial charge < -0.3 is 10.8 Å². The van der Waals surface area contributed by atoms with Crippen molar-refractivity contribution >= 4 is 21.6 Å². The molecule has 0 aromatic heterocycles. The van der Waals surface area contributed by atoms with Gasteiger partial charge in [0.25, 0.3) is 0 Å². The highest BCUT2D eigenvalue weighted by molar-refractivity contribution is 7.89. The van der Waals surface area contributed by atoms with Gasteiger partial charge in [0.2, 0.25) is 10.0 Å². The molecule has 0 saturated heterocycles. The maximum Gasteiger partial charge on any atom is 0.240 e. The minimum atomic E-state index is -3.64. The van der Waals surface area contributed by atoms with Crippen LogP contribution >= 0.6 is 11.6 Å². The molecule has 0 aliphatic carbocycles. The van der Waals surface area contributed by atoms with Gasteiger partial charge in [-0.2, -0.15) is 0 Å². The molecule has 0 bridgehead atoms. The Bertz CT molecular complexity index is 476. The van der Waals surface area contributed by atoms with Crippen LogP contribution in [0.4, 0.5) is 0 Å². The molecule has 0 saturated carbocycles. The molecule has 0 fully saturated rings. The maximum absolute atomic E-state index is 11.8. The van der Waals surface area contributed by atoms with Gasteiger partial charge in [0.1, 0.15) is 0 Å². The van der Waals surface area contributed by atoms with Crippen LogP contribution in [0.5, 0.6) is 0 Å². The Balaban J connectivity index is 2.76. The van der Waals surface area contributed by atoms with Crippen LogP contribution < -0.4 is 10.5 Å². The lowest BCUT2D eigenvalue weighted by Crippen LogP contribution is -2.43. The van der Waals surface area contributed by atoms with E-state index >= 15 is 0 Å². The van der Waals surface area contributed by atoms with Crippen LogP contribution in [-0.2, 0) is 10.0 Å². The summed E-state index contributed by atoms with van der Waals surface area (Å²) in [7, 11) is -3.64. The van der Waals surface area contributed by atoms with Crippen LogP contribution in [0.2, 0.25) is 5.02 Å². The summed E-state index contributed by atoms with van der Waals surface area (Å²) in [4.78, 5) is 0.0720. The van der Waals surface area contributed by atoms with E-state index in [1.54, 1.807) is 12.1 Å². The molecule has 0 aliphatic heterocycles. The van der Waals surface area contributed by atoms with Gasteiger partial charge in [0.15, 0.2) is 0 Å². The number of nitrogens with two attached hydrogens (primary N) is 1. The molecule has 0 heterocycles. The zero-order valence-electron chi connectivity index (χ0n) is 9.30. The third-order valence-corrected chi connectivity index (χ3v) is 3.89. The van der Waals surface area contributed by atoms with Gasteiger partial charge in [-0.05, 0) is 25.1 Å². The summed E-state index contributed by atoms with van der Waals surface area (Å²) >= 11 is 5.71. The second-order valence-corrected chi connectivity index (χ2v) is 5.92. The molecule has 1 aromatic carbocycles. The largest absolute Gasteiger partial charge is 0.392 e. The third-order valence-electron chi connectivity index (χ3n) is 2.24. The number of aliphatic hydroxyl groups is 1. The van der Waals surface area contributed by atoms with Crippen molar-refractivity contribution in [1.29, 1.82) is 0 Å². The number of benzene rings is 1. The van der Waals surface area contributed by atoms with Crippen molar-refractivity contribution in [2.45, 2.75) is 24.0 Å². The fourth-order valence-corrected chi connectivity index (χ4v) is 2.47. The summed E-state index contributed by atoms with van der Waals surface area (Å²) in [5.74, 6) is 0. The predicted molar refractivity (Wildman–Crippen MR) is 66.3 cm³/mol. The highest BCUT2D eigenvalue weighted by Crippen LogP contribution is 2.14. The molecule has 1 aromatic rings. The average molecular weight is 279 g/mol. The van der Waals surface area contributed by atoms with Crippen LogP contribution in [0.15, 0.2) is 29.2 Å². The van der Waals surface area contributed by atoms with Gasteiger partial charge in [0.05, 0.1) is 11.0 Å². The van der Waals surface area contributed by atoms with E-state index in [1.807, 2.05) is 0 Å². The standard InChI is InChI=1S/C10H15ClN2O3S/c1-7(14)10(12)6-13-17(15,16)9-4-2-3-8(11)5-9/h2-5,7,10,13-14H,6,12H2,1H3. The van der Waals surface area contributed by atoms with Crippen molar-refractivity contribution in [3.63, 3.8) is 0 Å². The van der Waals surface area contributed by atoms with Crippen LogP contribution in [0.25, 0.3) is 0 Å². The summed E-state index contributed by atoms with van der Waals surface area (Å²) in [5.41, 5.74) is 5.53. The Morgan fingerprint density at radius 2 is 2.18 bits per heavy atom. The van der Waals surface area contributed by atoms with E-state index in [0.29, 0.717) is 5.02 Å². The summed E-state index contributed by atoms with van der Waals surface area (Å²) in [5, 5.41) is 9.49. The van der Waals surface area contributed by atoms with Crippen LogP contribution in [0, 0.1) is 0 Å². The Kier molecular flexibility index (Phi) is 4.91.